The van der Waals surface area contributed by atoms with Gasteiger partial charge < -0.3 is 19.8 Å². The molecular formula is C46H80O4P2S2. The van der Waals surface area contributed by atoms with E-state index < -0.39 is 26.5 Å². The number of aromatic carboxylic acids is 2. The molecule has 0 amide bonds. The van der Waals surface area contributed by atoms with E-state index in [0.29, 0.717) is 9.79 Å². The van der Waals surface area contributed by atoms with E-state index >= 15 is 0 Å². The average molecular weight is 823 g/mol. The van der Waals surface area contributed by atoms with E-state index in [1.165, 1.54) is 115 Å². The first-order chi connectivity index (χ1) is 26.1. The molecule has 0 aromatic heterocycles. The van der Waals surface area contributed by atoms with Crippen LogP contribution in [0.15, 0.2) is 58.3 Å². The van der Waals surface area contributed by atoms with Crippen LogP contribution >= 0.6 is 36.1 Å². The SMILES string of the molecule is CCCC[P+](CCCC)(CCCC)CCCC.CCCC[P+](CCCC)(CCCC)CCCC.O=C([O-])c1ccccc1SSc1ccccc1C(=O)[O-]. The van der Waals surface area contributed by atoms with Gasteiger partial charge in [0.2, 0.25) is 0 Å². The molecule has 0 heterocycles. The van der Waals surface area contributed by atoms with E-state index in [1.54, 1.807) is 85.7 Å². The molecule has 0 radical (unpaired) electrons. The zero-order valence-corrected chi connectivity index (χ0v) is 39.4. The molecule has 0 atom stereocenters. The van der Waals surface area contributed by atoms with Gasteiger partial charge in [0.05, 0.1) is 61.2 Å². The van der Waals surface area contributed by atoms with Gasteiger partial charge in [0.15, 0.2) is 0 Å². The predicted molar refractivity (Wildman–Crippen MR) is 245 cm³/mol. The smallest absolute Gasteiger partial charge is 0.0726 e. The van der Waals surface area contributed by atoms with Crippen LogP contribution in [-0.2, 0) is 0 Å². The quantitative estimate of drug-likeness (QED) is 0.0600. The van der Waals surface area contributed by atoms with Gasteiger partial charge in [-0.1, -0.05) is 165 Å². The van der Waals surface area contributed by atoms with Crippen LogP contribution in [0.1, 0.15) is 179 Å². The van der Waals surface area contributed by atoms with Crippen molar-refractivity contribution in [1.82, 2.24) is 0 Å². The Bertz CT molecular complexity index is 1060. The number of carbonyl (C=O) groups is 2. The number of unbranched alkanes of at least 4 members (excludes halogenated alkanes) is 8. The van der Waals surface area contributed by atoms with Crippen LogP contribution in [0.3, 0.4) is 0 Å². The minimum Gasteiger partial charge on any atom is -0.545 e. The Balaban J connectivity index is 0.000000786. The van der Waals surface area contributed by atoms with Gasteiger partial charge in [-0.05, 0) is 63.5 Å². The Hall–Kier alpha value is -1.06. The molecular weight excluding hydrogens is 743 g/mol. The fraction of sp³-hybridized carbons (Fsp3) is 0.696. The Morgan fingerprint density at radius 1 is 0.407 bits per heavy atom. The molecule has 2 aromatic carbocycles. The topological polar surface area (TPSA) is 80.3 Å². The number of benzene rings is 2. The monoisotopic (exact) mass is 822 g/mol. The molecule has 0 spiro atoms. The van der Waals surface area contributed by atoms with Crippen molar-refractivity contribution in [3.63, 3.8) is 0 Å². The van der Waals surface area contributed by atoms with Crippen molar-refractivity contribution in [2.45, 2.75) is 168 Å². The fourth-order valence-electron chi connectivity index (χ4n) is 6.80. The van der Waals surface area contributed by atoms with Crippen molar-refractivity contribution in [2.24, 2.45) is 0 Å². The first-order valence-electron chi connectivity index (χ1n) is 21.7. The molecule has 4 nitrogen and oxygen atoms in total. The third kappa shape index (κ3) is 23.2. The van der Waals surface area contributed by atoms with Crippen LogP contribution in [0.2, 0.25) is 0 Å². The van der Waals surface area contributed by atoms with Gasteiger partial charge in [0, 0.05) is 35.4 Å². The second-order valence-corrected chi connectivity index (χ2v) is 26.2. The number of hydrogen-bond donors (Lipinski definition) is 0. The number of hydrogen-bond acceptors (Lipinski definition) is 6. The van der Waals surface area contributed by atoms with Crippen molar-refractivity contribution in [3.8, 4) is 0 Å². The Morgan fingerprint density at radius 3 is 0.796 bits per heavy atom. The molecule has 0 saturated carbocycles. The molecule has 0 saturated heterocycles. The lowest BCUT2D eigenvalue weighted by molar-refractivity contribution is -0.256. The van der Waals surface area contributed by atoms with Crippen LogP contribution < -0.4 is 10.2 Å². The van der Waals surface area contributed by atoms with Crippen molar-refractivity contribution in [1.29, 1.82) is 0 Å². The van der Waals surface area contributed by atoms with Crippen LogP contribution in [0.25, 0.3) is 0 Å². The second kappa shape index (κ2) is 34.0. The highest BCUT2D eigenvalue weighted by Gasteiger charge is 2.35. The van der Waals surface area contributed by atoms with Crippen LogP contribution in [0.4, 0.5) is 0 Å². The molecule has 2 aromatic rings. The largest absolute Gasteiger partial charge is 0.545 e. The number of carbonyl (C=O) groups excluding carboxylic acids is 2. The maximum atomic E-state index is 11.0. The van der Waals surface area contributed by atoms with Gasteiger partial charge in [0.25, 0.3) is 0 Å². The summed E-state index contributed by atoms with van der Waals surface area (Å²) in [5, 5.41) is 21.9. The molecule has 8 heteroatoms. The molecule has 54 heavy (non-hydrogen) atoms. The zero-order chi connectivity index (χ0) is 40.5. The van der Waals surface area contributed by atoms with E-state index in [0.717, 1.165) is 21.6 Å². The molecule has 0 aliphatic rings. The molecule has 2 rings (SSSR count). The van der Waals surface area contributed by atoms with Gasteiger partial charge in [-0.3, -0.25) is 0 Å². The number of carboxylic acids is 2. The van der Waals surface area contributed by atoms with E-state index in [1.807, 2.05) is 0 Å². The van der Waals surface area contributed by atoms with Gasteiger partial charge in [-0.25, -0.2) is 0 Å². The number of carboxylic acid groups (broad SMARTS) is 2. The van der Waals surface area contributed by atoms with Gasteiger partial charge in [-0.15, -0.1) is 0 Å². The summed E-state index contributed by atoms with van der Waals surface area (Å²) in [6, 6.07) is 12.8. The van der Waals surface area contributed by atoms with E-state index in [2.05, 4.69) is 55.4 Å². The first kappa shape index (κ1) is 52.9. The second-order valence-electron chi connectivity index (χ2n) is 15.0. The van der Waals surface area contributed by atoms with E-state index in [4.69, 9.17) is 0 Å². The van der Waals surface area contributed by atoms with E-state index in [9.17, 15) is 19.8 Å². The molecule has 0 unspecified atom stereocenters. The minimum absolute atomic E-state index is 0.0796. The van der Waals surface area contributed by atoms with Crippen molar-refractivity contribution < 1.29 is 19.8 Å². The third-order valence-corrected chi connectivity index (χ3v) is 22.9. The zero-order valence-electron chi connectivity index (χ0n) is 35.9. The first-order valence-corrected chi connectivity index (χ1v) is 28.9. The minimum atomic E-state index is -1.26. The average Bonchev–Trinajstić information content (AvgIpc) is 3.19. The van der Waals surface area contributed by atoms with Crippen molar-refractivity contribution >= 4 is 48.1 Å². The Labute approximate surface area is 343 Å². The van der Waals surface area contributed by atoms with Crippen molar-refractivity contribution in [2.75, 3.05) is 49.3 Å². The molecule has 0 bridgehead atoms. The predicted octanol–water partition coefficient (Wildman–Crippen LogP) is 13.6. The molecule has 310 valence electrons. The maximum absolute atomic E-state index is 11.0. The molecule has 0 fully saturated rings. The van der Waals surface area contributed by atoms with Crippen LogP contribution in [0.5, 0.6) is 0 Å². The van der Waals surface area contributed by atoms with Crippen LogP contribution in [-0.4, -0.2) is 61.2 Å². The fourth-order valence-corrected chi connectivity index (χ4v) is 19.7. The highest BCUT2D eigenvalue weighted by atomic mass is 33.1. The summed E-state index contributed by atoms with van der Waals surface area (Å²) in [4.78, 5) is 23.0. The maximum Gasteiger partial charge on any atom is 0.0726 e. The summed E-state index contributed by atoms with van der Waals surface area (Å²) in [6.45, 7) is 18.8. The van der Waals surface area contributed by atoms with E-state index in [-0.39, 0.29) is 11.1 Å². The highest BCUT2D eigenvalue weighted by Crippen LogP contribution is 2.62. The lowest BCUT2D eigenvalue weighted by Crippen LogP contribution is -2.23. The Kier molecular flexibility index (Phi) is 33.4. The van der Waals surface area contributed by atoms with Gasteiger partial charge >= 0.3 is 0 Å². The molecule has 0 N–H and O–H groups in total. The van der Waals surface area contributed by atoms with Crippen LogP contribution in [0, 0.1) is 0 Å². The standard InChI is InChI=1S/2C16H36P.C14H10O4S2/c2*1-5-9-13-17(14-10-6-2,15-11-7-3)16-12-8-4;15-13(16)9-5-1-3-7-11(9)19-20-12-8-4-2-6-10(12)14(17)18/h2*5-16H2,1-4H3;1-8H,(H,15,16)(H,17,18)/q2*+1;/p-2. The number of rotatable bonds is 29. The molecule has 0 aliphatic carbocycles. The summed E-state index contributed by atoms with van der Waals surface area (Å²) in [5.74, 6) is -2.52. The summed E-state index contributed by atoms with van der Waals surface area (Å²) in [6.07, 6.45) is 35.9. The normalized spacial score (nSPS) is 11.3. The lowest BCUT2D eigenvalue weighted by atomic mass is 10.2. The summed E-state index contributed by atoms with van der Waals surface area (Å²) in [7, 11) is 1.21. The van der Waals surface area contributed by atoms with Crippen molar-refractivity contribution in [3.05, 3.63) is 59.7 Å². The third-order valence-electron chi connectivity index (χ3n) is 10.3. The van der Waals surface area contributed by atoms with Gasteiger partial charge in [-0.2, -0.15) is 0 Å². The lowest BCUT2D eigenvalue weighted by Gasteiger charge is -2.28. The summed E-state index contributed by atoms with van der Waals surface area (Å²) >= 11 is 0. The summed E-state index contributed by atoms with van der Waals surface area (Å²) in [5.41, 5.74) is 0.159. The highest BCUT2D eigenvalue weighted by molar-refractivity contribution is 8.76. The Morgan fingerprint density at radius 2 is 0.611 bits per heavy atom. The molecule has 0 aliphatic heterocycles. The summed E-state index contributed by atoms with van der Waals surface area (Å²) < 4.78 is 0. The van der Waals surface area contributed by atoms with Gasteiger partial charge in [0.1, 0.15) is 0 Å².